The first kappa shape index (κ1) is 12.1. The maximum atomic E-state index is 12.2. The zero-order chi connectivity index (χ0) is 12.3. The number of likely N-dealkylation sites (N-methyl/N-ethyl adjacent to an activating group) is 1. The number of carbonyl (C=O) groups excluding carboxylic acids is 1. The summed E-state index contributed by atoms with van der Waals surface area (Å²) in [6, 6.07) is 3.65. The summed E-state index contributed by atoms with van der Waals surface area (Å²) >= 11 is 0. The van der Waals surface area contributed by atoms with Gasteiger partial charge < -0.3 is 19.8 Å². The predicted molar refractivity (Wildman–Crippen MR) is 62.2 cm³/mol. The minimum absolute atomic E-state index is 0.0443. The van der Waals surface area contributed by atoms with E-state index < -0.39 is 5.54 Å². The average Bonchev–Trinajstić information content (AvgIpc) is 2.81. The lowest BCUT2D eigenvalue weighted by atomic mass is 9.90. The summed E-state index contributed by atoms with van der Waals surface area (Å²) in [7, 11) is 1.74. The van der Waals surface area contributed by atoms with Gasteiger partial charge >= 0.3 is 0 Å². The summed E-state index contributed by atoms with van der Waals surface area (Å²) in [5.41, 5.74) is 5.35. The standard InChI is InChI=1S/C12H18N2O3/c1-14(9-10-3-2-6-17-10)11(15)12(13)4-7-16-8-5-12/h2-3,6H,4-5,7-9,13H2,1H3. The molecule has 0 saturated carbocycles. The number of ether oxygens (including phenoxy) is 1. The maximum absolute atomic E-state index is 12.2. The molecule has 1 amide bonds. The van der Waals surface area contributed by atoms with Crippen molar-refractivity contribution in [1.82, 2.24) is 4.90 Å². The number of carbonyl (C=O) groups is 1. The number of hydrogen-bond acceptors (Lipinski definition) is 4. The molecule has 1 aromatic heterocycles. The summed E-state index contributed by atoms with van der Waals surface area (Å²) in [4.78, 5) is 13.9. The topological polar surface area (TPSA) is 68.7 Å². The lowest BCUT2D eigenvalue weighted by molar-refractivity contribution is -0.140. The van der Waals surface area contributed by atoms with Gasteiger partial charge in [0.25, 0.3) is 0 Å². The lowest BCUT2D eigenvalue weighted by Gasteiger charge is -2.35. The zero-order valence-electron chi connectivity index (χ0n) is 10.0. The summed E-state index contributed by atoms with van der Waals surface area (Å²) < 4.78 is 10.4. The van der Waals surface area contributed by atoms with Gasteiger partial charge in [-0.3, -0.25) is 4.79 Å². The molecule has 2 heterocycles. The van der Waals surface area contributed by atoms with Gasteiger partial charge in [0.1, 0.15) is 5.76 Å². The van der Waals surface area contributed by atoms with E-state index in [-0.39, 0.29) is 5.91 Å². The molecule has 0 bridgehead atoms. The van der Waals surface area contributed by atoms with Gasteiger partial charge in [-0.15, -0.1) is 0 Å². The van der Waals surface area contributed by atoms with Gasteiger partial charge in [0, 0.05) is 20.3 Å². The Labute approximate surface area is 101 Å². The largest absolute Gasteiger partial charge is 0.467 e. The minimum atomic E-state index is -0.778. The molecule has 1 aliphatic heterocycles. The van der Waals surface area contributed by atoms with Crippen LogP contribution in [0.2, 0.25) is 0 Å². The minimum Gasteiger partial charge on any atom is -0.467 e. The Morgan fingerprint density at radius 2 is 2.24 bits per heavy atom. The molecule has 94 valence electrons. The summed E-state index contributed by atoms with van der Waals surface area (Å²) in [6.07, 6.45) is 2.75. The molecule has 5 nitrogen and oxygen atoms in total. The molecular formula is C12H18N2O3. The highest BCUT2D eigenvalue weighted by atomic mass is 16.5. The van der Waals surface area contributed by atoms with Crippen LogP contribution in [0.25, 0.3) is 0 Å². The Morgan fingerprint density at radius 1 is 1.53 bits per heavy atom. The van der Waals surface area contributed by atoms with Crippen LogP contribution in [0.15, 0.2) is 22.8 Å². The summed E-state index contributed by atoms with van der Waals surface area (Å²) in [6.45, 7) is 1.55. The molecule has 1 saturated heterocycles. The number of furan rings is 1. The number of hydrogen-bond donors (Lipinski definition) is 1. The van der Waals surface area contributed by atoms with Gasteiger partial charge in [-0.1, -0.05) is 0 Å². The van der Waals surface area contributed by atoms with Gasteiger partial charge in [-0.25, -0.2) is 0 Å². The number of nitrogens with zero attached hydrogens (tertiary/aromatic N) is 1. The van der Waals surface area contributed by atoms with Crippen LogP contribution in [-0.4, -0.2) is 36.6 Å². The van der Waals surface area contributed by atoms with Crippen molar-refractivity contribution in [3.8, 4) is 0 Å². The van der Waals surface area contributed by atoms with E-state index in [0.29, 0.717) is 32.6 Å². The van der Waals surface area contributed by atoms with Crippen molar-refractivity contribution in [2.75, 3.05) is 20.3 Å². The van der Waals surface area contributed by atoms with Crippen LogP contribution in [0.4, 0.5) is 0 Å². The second kappa shape index (κ2) is 4.89. The Bertz CT molecular complexity index is 369. The van der Waals surface area contributed by atoms with Crippen LogP contribution in [0.3, 0.4) is 0 Å². The first-order chi connectivity index (χ1) is 8.12. The van der Waals surface area contributed by atoms with Crippen molar-refractivity contribution in [1.29, 1.82) is 0 Å². The third-order valence-electron chi connectivity index (χ3n) is 3.13. The van der Waals surface area contributed by atoms with Crippen LogP contribution < -0.4 is 5.73 Å². The van der Waals surface area contributed by atoms with Gasteiger partial charge in [-0.05, 0) is 25.0 Å². The molecule has 1 aromatic rings. The van der Waals surface area contributed by atoms with Gasteiger partial charge in [-0.2, -0.15) is 0 Å². The van der Waals surface area contributed by atoms with Gasteiger partial charge in [0.15, 0.2) is 0 Å². The molecule has 1 aliphatic rings. The van der Waals surface area contributed by atoms with Crippen LogP contribution in [0, 0.1) is 0 Å². The van der Waals surface area contributed by atoms with Crippen molar-refractivity contribution < 1.29 is 13.9 Å². The number of amides is 1. The fourth-order valence-electron chi connectivity index (χ4n) is 2.04. The Morgan fingerprint density at radius 3 is 2.82 bits per heavy atom. The molecule has 0 atom stereocenters. The predicted octanol–water partition coefficient (Wildman–Crippen LogP) is 0.746. The molecule has 5 heteroatoms. The van der Waals surface area contributed by atoms with Crippen LogP contribution in [-0.2, 0) is 16.1 Å². The molecule has 0 aromatic carbocycles. The Kier molecular flexibility index (Phi) is 3.49. The summed E-state index contributed by atoms with van der Waals surface area (Å²) in [5.74, 6) is 0.716. The first-order valence-electron chi connectivity index (χ1n) is 5.76. The highest BCUT2D eigenvalue weighted by Gasteiger charge is 2.37. The highest BCUT2D eigenvalue weighted by Crippen LogP contribution is 2.20. The zero-order valence-corrected chi connectivity index (χ0v) is 10.0. The van der Waals surface area contributed by atoms with E-state index in [2.05, 4.69) is 0 Å². The fourth-order valence-corrected chi connectivity index (χ4v) is 2.04. The van der Waals surface area contributed by atoms with E-state index in [0.717, 1.165) is 5.76 Å². The lowest BCUT2D eigenvalue weighted by Crippen LogP contribution is -2.57. The molecule has 0 aliphatic carbocycles. The molecule has 2 N–H and O–H groups in total. The SMILES string of the molecule is CN(Cc1ccco1)C(=O)C1(N)CCOCC1. The third-order valence-corrected chi connectivity index (χ3v) is 3.13. The fraction of sp³-hybridized carbons (Fsp3) is 0.583. The second-order valence-electron chi connectivity index (χ2n) is 4.51. The second-order valence-corrected chi connectivity index (χ2v) is 4.51. The summed E-state index contributed by atoms with van der Waals surface area (Å²) in [5, 5.41) is 0. The van der Waals surface area contributed by atoms with Gasteiger partial charge in [0.2, 0.25) is 5.91 Å². The highest BCUT2D eigenvalue weighted by molar-refractivity contribution is 5.86. The molecule has 0 radical (unpaired) electrons. The Balaban J connectivity index is 1.98. The van der Waals surface area contributed by atoms with Crippen molar-refractivity contribution in [2.24, 2.45) is 5.73 Å². The third kappa shape index (κ3) is 2.68. The number of rotatable bonds is 3. The molecular weight excluding hydrogens is 220 g/mol. The Hall–Kier alpha value is -1.33. The van der Waals surface area contributed by atoms with Crippen molar-refractivity contribution in [2.45, 2.75) is 24.9 Å². The first-order valence-corrected chi connectivity index (χ1v) is 5.76. The molecule has 17 heavy (non-hydrogen) atoms. The monoisotopic (exact) mass is 238 g/mol. The molecule has 0 spiro atoms. The van der Waals surface area contributed by atoms with E-state index in [1.807, 2.05) is 6.07 Å². The normalized spacial score (nSPS) is 18.9. The van der Waals surface area contributed by atoms with Crippen LogP contribution in [0.1, 0.15) is 18.6 Å². The maximum Gasteiger partial charge on any atom is 0.242 e. The van der Waals surface area contributed by atoms with E-state index >= 15 is 0 Å². The quantitative estimate of drug-likeness (QED) is 0.843. The van der Waals surface area contributed by atoms with E-state index in [1.54, 1.807) is 24.3 Å². The van der Waals surface area contributed by atoms with Crippen molar-refractivity contribution in [3.05, 3.63) is 24.2 Å². The van der Waals surface area contributed by atoms with Crippen LogP contribution >= 0.6 is 0 Å². The van der Waals surface area contributed by atoms with E-state index in [4.69, 9.17) is 14.9 Å². The molecule has 0 unspecified atom stereocenters. The number of nitrogens with two attached hydrogens (primary N) is 1. The van der Waals surface area contributed by atoms with Crippen molar-refractivity contribution in [3.63, 3.8) is 0 Å². The van der Waals surface area contributed by atoms with Crippen molar-refractivity contribution >= 4 is 5.91 Å². The molecule has 2 rings (SSSR count). The van der Waals surface area contributed by atoms with E-state index in [9.17, 15) is 4.79 Å². The van der Waals surface area contributed by atoms with Gasteiger partial charge in [0.05, 0.1) is 18.3 Å². The average molecular weight is 238 g/mol. The molecule has 1 fully saturated rings. The van der Waals surface area contributed by atoms with E-state index in [1.165, 1.54) is 0 Å². The van der Waals surface area contributed by atoms with Crippen LogP contribution in [0.5, 0.6) is 0 Å². The smallest absolute Gasteiger partial charge is 0.242 e.